The summed E-state index contributed by atoms with van der Waals surface area (Å²) in [5.41, 5.74) is -1.07. The van der Waals surface area contributed by atoms with Crippen LogP contribution in [0.4, 0.5) is 0 Å². The number of rotatable bonds is 2. The van der Waals surface area contributed by atoms with Crippen molar-refractivity contribution in [1.29, 1.82) is 0 Å². The molecular formula is C6H3KN4O7. The van der Waals surface area contributed by atoms with Crippen molar-refractivity contribution >= 4 is 5.71 Å². The van der Waals surface area contributed by atoms with E-state index < -0.39 is 38.8 Å². The Kier molecular flexibility index (Phi) is 4.41. The third-order valence-corrected chi connectivity index (χ3v) is 2.15. The monoisotopic (exact) mass is 282 g/mol. The molecule has 1 unspecified atom stereocenters. The largest absolute Gasteiger partial charge is 1.00 e. The van der Waals surface area contributed by atoms with Gasteiger partial charge in [-0.3, -0.25) is 30.4 Å². The summed E-state index contributed by atoms with van der Waals surface area (Å²) >= 11 is 0. The van der Waals surface area contributed by atoms with E-state index >= 15 is 0 Å². The normalized spacial score (nSPS) is 21.4. The van der Waals surface area contributed by atoms with Crippen LogP contribution < -0.4 is 62.0 Å². The number of nitrogens with zero attached hydrogens (tertiary/aromatic N) is 3. The third kappa shape index (κ3) is 2.25. The van der Waals surface area contributed by atoms with Crippen LogP contribution >= 0.6 is 0 Å². The number of fused-ring (bicyclic) bond motifs is 1. The van der Waals surface area contributed by atoms with Crippen molar-refractivity contribution in [2.75, 3.05) is 0 Å². The minimum Gasteiger partial charge on any atom is -0.836 e. The summed E-state index contributed by atoms with van der Waals surface area (Å²) < 4.78 is 0. The van der Waals surface area contributed by atoms with E-state index in [0.29, 0.717) is 6.08 Å². The van der Waals surface area contributed by atoms with E-state index in [1.165, 1.54) is 0 Å². The number of hydrogen-bond donors (Lipinski definition) is 1. The summed E-state index contributed by atoms with van der Waals surface area (Å²) in [5.74, 6) is 0. The standard InChI is InChI=1S/C6H3N4O7.K/c11-6-3(9(14)15)1-2(8(12)13)4-5(6)10(16)17-7-4;/h1,6-7H;/q-1;+1. The minimum atomic E-state index is -2.14. The van der Waals surface area contributed by atoms with Crippen molar-refractivity contribution in [2.24, 2.45) is 0 Å². The number of nitrogens with one attached hydrogen (secondary N) is 1. The Bertz CT molecular complexity index is 524. The molecule has 0 saturated carbocycles. The van der Waals surface area contributed by atoms with Gasteiger partial charge in [0.05, 0.1) is 26.9 Å². The molecule has 11 nitrogen and oxygen atoms in total. The maximum atomic E-state index is 11.5. The summed E-state index contributed by atoms with van der Waals surface area (Å²) in [6.07, 6.45) is -1.64. The molecule has 1 N–H and O–H groups in total. The average molecular weight is 282 g/mol. The van der Waals surface area contributed by atoms with Crippen LogP contribution in [0, 0.1) is 25.4 Å². The smallest absolute Gasteiger partial charge is 0.836 e. The Morgan fingerprint density at radius 1 is 1.33 bits per heavy atom. The number of nitro groups is 2. The number of allylic oxidation sites excluding steroid dienone is 1. The molecule has 0 saturated heterocycles. The molecule has 0 bridgehead atoms. The molecule has 18 heavy (non-hydrogen) atoms. The fourth-order valence-electron chi connectivity index (χ4n) is 1.41. The van der Waals surface area contributed by atoms with Crippen molar-refractivity contribution in [3.63, 3.8) is 0 Å². The average Bonchev–Trinajstić information content (AvgIpc) is 2.61. The van der Waals surface area contributed by atoms with Crippen LogP contribution in [0.25, 0.3) is 0 Å². The maximum absolute atomic E-state index is 11.5. The van der Waals surface area contributed by atoms with E-state index in [1.54, 1.807) is 0 Å². The van der Waals surface area contributed by atoms with E-state index in [2.05, 4.69) is 4.94 Å². The van der Waals surface area contributed by atoms with E-state index in [1.807, 2.05) is 5.48 Å². The Morgan fingerprint density at radius 3 is 2.44 bits per heavy atom. The van der Waals surface area contributed by atoms with Gasteiger partial charge in [0.15, 0.2) is 0 Å². The predicted molar refractivity (Wildman–Crippen MR) is 45.7 cm³/mol. The fraction of sp³-hybridized carbons (Fsp3) is 0.167. The van der Waals surface area contributed by atoms with Crippen LogP contribution in [0.3, 0.4) is 0 Å². The molecule has 0 radical (unpaired) electrons. The van der Waals surface area contributed by atoms with Gasteiger partial charge in [-0.05, 0) is 0 Å². The molecule has 1 aliphatic carbocycles. The summed E-state index contributed by atoms with van der Waals surface area (Å²) in [7, 11) is 0. The van der Waals surface area contributed by atoms with E-state index in [9.17, 15) is 30.5 Å². The zero-order valence-corrected chi connectivity index (χ0v) is 12.0. The third-order valence-electron chi connectivity index (χ3n) is 2.15. The maximum Gasteiger partial charge on any atom is 1.00 e. The molecular weight excluding hydrogens is 279 g/mol. The predicted octanol–water partition coefficient (Wildman–Crippen LogP) is -5.22. The van der Waals surface area contributed by atoms with Gasteiger partial charge < -0.3 is 5.11 Å². The molecule has 1 heterocycles. The fourth-order valence-corrected chi connectivity index (χ4v) is 1.41. The van der Waals surface area contributed by atoms with Crippen molar-refractivity contribution < 1.29 is 76.2 Å². The van der Waals surface area contributed by atoms with E-state index in [4.69, 9.17) is 0 Å². The van der Waals surface area contributed by atoms with Gasteiger partial charge in [0.25, 0.3) is 11.4 Å². The van der Waals surface area contributed by atoms with E-state index in [-0.39, 0.29) is 56.3 Å². The summed E-state index contributed by atoms with van der Waals surface area (Å²) in [6.45, 7) is 0. The van der Waals surface area contributed by atoms with Crippen LogP contribution in [0.15, 0.2) is 23.2 Å². The Morgan fingerprint density at radius 2 is 1.94 bits per heavy atom. The first-order chi connectivity index (χ1) is 7.93. The van der Waals surface area contributed by atoms with Crippen LogP contribution in [-0.2, 0) is 4.94 Å². The molecule has 2 aliphatic rings. The number of hydrogen-bond acceptors (Lipinski definition) is 8. The molecule has 0 aromatic rings. The van der Waals surface area contributed by atoms with Crippen LogP contribution in [0.5, 0.6) is 0 Å². The quantitative estimate of drug-likeness (QED) is 0.228. The van der Waals surface area contributed by atoms with Gasteiger partial charge in [-0.25, -0.2) is 5.48 Å². The topological polar surface area (TPSA) is 157 Å². The second kappa shape index (κ2) is 5.29. The number of hydroxylamine groups is 1. The van der Waals surface area contributed by atoms with Crippen molar-refractivity contribution in [2.45, 2.75) is 6.10 Å². The molecule has 0 fully saturated rings. The second-order valence-electron chi connectivity index (χ2n) is 3.06. The second-order valence-corrected chi connectivity index (χ2v) is 3.06. The zero-order valence-electron chi connectivity index (χ0n) is 8.85. The van der Waals surface area contributed by atoms with Crippen molar-refractivity contribution in [1.82, 2.24) is 5.48 Å². The van der Waals surface area contributed by atoms with Gasteiger partial charge in [0, 0.05) is 0 Å². The Balaban J connectivity index is 0.00000162. The van der Waals surface area contributed by atoms with Crippen LogP contribution in [0.2, 0.25) is 0 Å². The summed E-state index contributed by atoms with van der Waals surface area (Å²) in [5, 5.41) is 43.7. The molecule has 0 aromatic carbocycles. The van der Waals surface area contributed by atoms with Gasteiger partial charge in [-0.15, -0.1) is 0 Å². The van der Waals surface area contributed by atoms with Gasteiger partial charge in [0.1, 0.15) is 0 Å². The van der Waals surface area contributed by atoms with Crippen LogP contribution in [0.1, 0.15) is 0 Å². The molecule has 0 spiro atoms. The summed E-state index contributed by atoms with van der Waals surface area (Å²) in [6, 6.07) is 0. The first kappa shape index (κ1) is 15.0. The van der Waals surface area contributed by atoms with Gasteiger partial charge in [-0.2, -0.15) is 0 Å². The molecule has 1 aliphatic heterocycles. The zero-order chi connectivity index (χ0) is 12.7. The first-order valence-electron chi connectivity index (χ1n) is 4.11. The van der Waals surface area contributed by atoms with Gasteiger partial charge in [-0.1, -0.05) is 0 Å². The molecule has 2 rings (SSSR count). The Labute approximate surface area is 141 Å². The van der Waals surface area contributed by atoms with Gasteiger partial charge in [0.2, 0.25) is 5.70 Å². The molecule has 90 valence electrons. The van der Waals surface area contributed by atoms with Crippen molar-refractivity contribution in [3.05, 3.63) is 48.6 Å². The molecule has 0 amide bonds. The molecule has 0 aromatic heterocycles. The SMILES string of the molecule is O=[N+]([O-])C1=CC([N+](=O)[O-])=C2NO[N+]([O-])=C2C1[O-].[K+]. The minimum absolute atomic E-state index is 0. The Hall–Kier alpha value is -1.05. The summed E-state index contributed by atoms with van der Waals surface area (Å²) in [4.78, 5) is 23.0. The molecule has 12 heteroatoms. The van der Waals surface area contributed by atoms with E-state index in [0.717, 1.165) is 0 Å². The first-order valence-corrected chi connectivity index (χ1v) is 4.11. The van der Waals surface area contributed by atoms with Gasteiger partial charge >= 0.3 is 57.1 Å². The van der Waals surface area contributed by atoms with Crippen LogP contribution in [-0.4, -0.2) is 26.6 Å². The van der Waals surface area contributed by atoms with Crippen molar-refractivity contribution in [3.8, 4) is 0 Å². The molecule has 1 atom stereocenters.